The second-order valence-corrected chi connectivity index (χ2v) is 4.83. The van der Waals surface area contributed by atoms with Crippen LogP contribution in [0.15, 0.2) is 17.5 Å². The lowest BCUT2D eigenvalue weighted by Crippen LogP contribution is -2.55. The molecule has 0 radical (unpaired) electrons. The van der Waals surface area contributed by atoms with E-state index in [-0.39, 0.29) is 5.97 Å². The van der Waals surface area contributed by atoms with Crippen LogP contribution in [-0.4, -0.2) is 32.3 Å². The zero-order chi connectivity index (χ0) is 12.7. The number of methoxy groups -OCH3 is 2. The highest BCUT2D eigenvalue weighted by Crippen LogP contribution is 2.16. The lowest BCUT2D eigenvalue weighted by molar-refractivity contribution is -0.151. The van der Waals surface area contributed by atoms with Gasteiger partial charge in [0.25, 0.3) is 0 Å². The van der Waals surface area contributed by atoms with Gasteiger partial charge in [0.2, 0.25) is 0 Å². The molecule has 0 fully saturated rings. The van der Waals surface area contributed by atoms with Crippen LogP contribution in [-0.2, 0) is 20.8 Å². The van der Waals surface area contributed by atoms with E-state index in [1.165, 1.54) is 12.0 Å². The van der Waals surface area contributed by atoms with E-state index in [0.717, 1.165) is 0 Å². The molecule has 0 amide bonds. The molecular formula is C12H19NO3S. The van der Waals surface area contributed by atoms with Crippen molar-refractivity contribution in [2.24, 2.45) is 0 Å². The molecule has 1 aromatic rings. The number of carbonyl (C=O) groups is 1. The van der Waals surface area contributed by atoms with Crippen LogP contribution in [0.5, 0.6) is 0 Å². The average Bonchev–Trinajstić information content (AvgIpc) is 2.86. The molecule has 0 aliphatic heterocycles. The Hall–Kier alpha value is -0.910. The zero-order valence-corrected chi connectivity index (χ0v) is 11.3. The van der Waals surface area contributed by atoms with Crippen molar-refractivity contribution in [3.8, 4) is 0 Å². The maximum atomic E-state index is 11.9. The van der Waals surface area contributed by atoms with Crippen molar-refractivity contribution in [2.45, 2.75) is 25.4 Å². The monoisotopic (exact) mass is 257 g/mol. The first kappa shape index (κ1) is 14.2. The average molecular weight is 257 g/mol. The largest absolute Gasteiger partial charge is 0.468 e. The highest BCUT2D eigenvalue weighted by atomic mass is 32.1. The first-order valence-corrected chi connectivity index (χ1v) is 6.41. The fourth-order valence-electron chi connectivity index (χ4n) is 1.66. The quantitative estimate of drug-likeness (QED) is 0.757. The molecule has 0 saturated heterocycles. The molecule has 5 heteroatoms. The first-order chi connectivity index (χ1) is 8.18. The minimum atomic E-state index is -0.756. The predicted octanol–water partition coefficient (Wildman–Crippen LogP) is 1.81. The van der Waals surface area contributed by atoms with Crippen molar-refractivity contribution in [2.75, 3.05) is 20.8 Å². The first-order valence-electron chi connectivity index (χ1n) is 5.53. The number of thiophene rings is 1. The van der Waals surface area contributed by atoms with Gasteiger partial charge >= 0.3 is 5.97 Å². The lowest BCUT2D eigenvalue weighted by Gasteiger charge is -2.30. The van der Waals surface area contributed by atoms with Crippen molar-refractivity contribution in [3.05, 3.63) is 22.4 Å². The van der Waals surface area contributed by atoms with E-state index < -0.39 is 5.54 Å². The Kier molecular flexibility index (Phi) is 5.61. The Bertz CT molecular complexity index is 340. The molecule has 1 unspecified atom stereocenters. The molecular weight excluding hydrogens is 238 g/mol. The third-order valence-corrected chi connectivity index (χ3v) is 3.63. The maximum absolute atomic E-state index is 11.9. The van der Waals surface area contributed by atoms with E-state index in [1.54, 1.807) is 18.4 Å². The van der Waals surface area contributed by atoms with Crippen LogP contribution in [0.3, 0.4) is 0 Å². The van der Waals surface area contributed by atoms with Crippen LogP contribution in [0.4, 0.5) is 0 Å². The van der Waals surface area contributed by atoms with Crippen molar-refractivity contribution in [1.82, 2.24) is 5.32 Å². The van der Waals surface area contributed by atoms with Gasteiger partial charge in [-0.25, -0.2) is 4.79 Å². The van der Waals surface area contributed by atoms with Gasteiger partial charge in [0, 0.05) is 18.5 Å². The molecule has 1 aromatic heterocycles. The van der Waals surface area contributed by atoms with E-state index in [9.17, 15) is 4.79 Å². The summed E-state index contributed by atoms with van der Waals surface area (Å²) in [5.74, 6) is -0.279. The molecule has 0 aliphatic rings. The highest BCUT2D eigenvalue weighted by Gasteiger charge is 2.37. The number of hydrogen-bond donors (Lipinski definition) is 1. The highest BCUT2D eigenvalue weighted by molar-refractivity contribution is 7.09. The van der Waals surface area contributed by atoms with Crippen molar-refractivity contribution in [1.29, 1.82) is 0 Å². The summed E-state index contributed by atoms with van der Waals surface area (Å²) in [6.45, 7) is 2.89. The Morgan fingerprint density at radius 3 is 2.76 bits per heavy atom. The number of nitrogens with one attached hydrogen (secondary N) is 1. The molecule has 1 heterocycles. The third-order valence-electron chi connectivity index (χ3n) is 2.75. The van der Waals surface area contributed by atoms with Gasteiger partial charge in [-0.3, -0.25) is 5.32 Å². The molecule has 0 saturated carbocycles. The second-order valence-electron chi connectivity index (χ2n) is 3.79. The Morgan fingerprint density at radius 1 is 1.53 bits per heavy atom. The fraction of sp³-hybridized carbons (Fsp3) is 0.583. The number of carbonyl (C=O) groups excluding carboxylic acids is 1. The zero-order valence-electron chi connectivity index (χ0n) is 10.5. The van der Waals surface area contributed by atoms with Gasteiger partial charge in [0.15, 0.2) is 0 Å². The predicted molar refractivity (Wildman–Crippen MR) is 68.1 cm³/mol. The van der Waals surface area contributed by atoms with Crippen LogP contribution < -0.4 is 5.32 Å². The lowest BCUT2D eigenvalue weighted by atomic mass is 9.97. The van der Waals surface area contributed by atoms with Crippen molar-refractivity contribution in [3.63, 3.8) is 0 Å². The van der Waals surface area contributed by atoms with Crippen LogP contribution in [0, 0.1) is 0 Å². The summed E-state index contributed by atoms with van der Waals surface area (Å²) in [5.41, 5.74) is -0.756. The molecule has 1 N–H and O–H groups in total. The van der Waals surface area contributed by atoms with E-state index >= 15 is 0 Å². The smallest absolute Gasteiger partial charge is 0.328 e. The maximum Gasteiger partial charge on any atom is 0.328 e. The molecule has 96 valence electrons. The number of ether oxygens (including phenoxy) is 2. The van der Waals surface area contributed by atoms with Crippen LogP contribution >= 0.6 is 11.3 Å². The molecule has 1 atom stereocenters. The number of esters is 1. The molecule has 4 nitrogen and oxygen atoms in total. The van der Waals surface area contributed by atoms with Gasteiger partial charge in [-0.2, -0.15) is 0 Å². The summed E-state index contributed by atoms with van der Waals surface area (Å²) >= 11 is 1.66. The Balaban J connectivity index is 2.71. The van der Waals surface area contributed by atoms with Crippen molar-refractivity contribution < 1.29 is 14.3 Å². The summed E-state index contributed by atoms with van der Waals surface area (Å²) in [5, 5.41) is 5.26. The molecule has 0 aromatic carbocycles. The summed E-state index contributed by atoms with van der Waals surface area (Å²) in [7, 11) is 2.98. The van der Waals surface area contributed by atoms with E-state index in [1.807, 2.05) is 24.4 Å². The fourth-order valence-corrected chi connectivity index (χ4v) is 2.31. The minimum Gasteiger partial charge on any atom is -0.468 e. The SMILES string of the molecule is CCC(COC)(NCc1cccs1)C(=O)OC. The van der Waals surface area contributed by atoms with Gasteiger partial charge in [0.05, 0.1) is 13.7 Å². The minimum absolute atomic E-state index is 0.279. The van der Waals surface area contributed by atoms with Crippen LogP contribution in [0.2, 0.25) is 0 Å². The Morgan fingerprint density at radius 2 is 2.29 bits per heavy atom. The summed E-state index contributed by atoms with van der Waals surface area (Å²) < 4.78 is 9.98. The molecule has 0 bridgehead atoms. The topological polar surface area (TPSA) is 47.6 Å². The van der Waals surface area contributed by atoms with Gasteiger partial charge in [-0.15, -0.1) is 11.3 Å². The van der Waals surface area contributed by atoms with Crippen molar-refractivity contribution >= 4 is 17.3 Å². The van der Waals surface area contributed by atoms with Gasteiger partial charge in [-0.05, 0) is 17.9 Å². The van der Waals surface area contributed by atoms with E-state index in [2.05, 4.69) is 5.32 Å². The third kappa shape index (κ3) is 3.52. The summed E-state index contributed by atoms with van der Waals surface area (Å²) in [4.78, 5) is 13.0. The Labute approximate surface area is 106 Å². The summed E-state index contributed by atoms with van der Waals surface area (Å²) in [6, 6.07) is 4.02. The molecule has 1 rings (SSSR count). The number of hydrogen-bond acceptors (Lipinski definition) is 5. The van der Waals surface area contributed by atoms with Gasteiger partial charge < -0.3 is 9.47 Å². The van der Waals surface area contributed by atoms with E-state index in [4.69, 9.17) is 9.47 Å². The van der Waals surface area contributed by atoms with Crippen LogP contribution in [0.1, 0.15) is 18.2 Å². The normalized spacial score (nSPS) is 14.3. The second kappa shape index (κ2) is 6.74. The van der Waals surface area contributed by atoms with Gasteiger partial charge in [-0.1, -0.05) is 13.0 Å². The summed E-state index contributed by atoms with van der Waals surface area (Å²) in [6.07, 6.45) is 0.624. The molecule has 0 aliphatic carbocycles. The van der Waals surface area contributed by atoms with E-state index in [0.29, 0.717) is 19.6 Å². The standard InChI is InChI=1S/C12H19NO3S/c1-4-12(9-15-2,11(14)16-3)13-8-10-6-5-7-17-10/h5-7,13H,4,8-9H2,1-3H3. The molecule has 0 spiro atoms. The van der Waals surface area contributed by atoms with Crippen LogP contribution in [0.25, 0.3) is 0 Å². The number of rotatable bonds is 7. The van der Waals surface area contributed by atoms with Gasteiger partial charge in [0.1, 0.15) is 5.54 Å². The molecule has 17 heavy (non-hydrogen) atoms.